The van der Waals surface area contributed by atoms with Crippen LogP contribution in [0.1, 0.15) is 24.5 Å². The van der Waals surface area contributed by atoms with Crippen molar-refractivity contribution in [3.63, 3.8) is 0 Å². The van der Waals surface area contributed by atoms with Crippen LogP contribution in [0.5, 0.6) is 5.75 Å². The summed E-state index contributed by atoms with van der Waals surface area (Å²) < 4.78 is 89.2. The summed E-state index contributed by atoms with van der Waals surface area (Å²) in [5, 5.41) is 7.69. The topological polar surface area (TPSA) is 113 Å². The van der Waals surface area contributed by atoms with Gasteiger partial charge >= 0.3 is 12.4 Å². The summed E-state index contributed by atoms with van der Waals surface area (Å²) in [4.78, 5) is 31.6. The van der Waals surface area contributed by atoms with Crippen LogP contribution in [0.25, 0.3) is 0 Å². The lowest BCUT2D eigenvalue weighted by molar-refractivity contribution is -0.138. The number of aromatic amines is 1. The van der Waals surface area contributed by atoms with Crippen LogP contribution in [-0.2, 0) is 21.9 Å². The highest BCUT2D eigenvalue weighted by atomic mass is 19.4. The van der Waals surface area contributed by atoms with E-state index >= 15 is 0 Å². The Labute approximate surface area is 211 Å². The number of carbonyl (C=O) groups excluding carboxylic acids is 1. The molecule has 0 aromatic carbocycles. The van der Waals surface area contributed by atoms with E-state index in [0.29, 0.717) is 18.9 Å². The number of H-pyrrole nitrogens is 1. The normalized spacial score (nSPS) is 18.3. The Morgan fingerprint density at radius 3 is 2.71 bits per heavy atom. The smallest absolute Gasteiger partial charge is 0.423 e. The van der Waals surface area contributed by atoms with Gasteiger partial charge < -0.3 is 24.6 Å². The zero-order chi connectivity index (χ0) is 27.7. The second-order valence-corrected chi connectivity index (χ2v) is 8.90. The van der Waals surface area contributed by atoms with Gasteiger partial charge in [-0.25, -0.2) is 10.1 Å². The van der Waals surface area contributed by atoms with E-state index in [0.717, 1.165) is 18.5 Å². The molecule has 1 fully saturated rings. The molecule has 0 aliphatic carbocycles. The molecule has 208 valence electrons. The van der Waals surface area contributed by atoms with Gasteiger partial charge in [0.1, 0.15) is 12.2 Å². The molecular weight excluding hydrogens is 526 g/mol. The quantitative estimate of drug-likeness (QED) is 0.400. The molecule has 4 rings (SSSR count). The first-order valence-corrected chi connectivity index (χ1v) is 11.6. The van der Waals surface area contributed by atoms with Crippen molar-refractivity contribution in [2.45, 2.75) is 37.8 Å². The first kappa shape index (κ1) is 27.5. The first-order chi connectivity index (χ1) is 17.8. The molecule has 2 aliphatic rings. The number of ether oxygens (including phenoxy) is 2. The molecule has 2 atom stereocenters. The second kappa shape index (κ2) is 10.7. The van der Waals surface area contributed by atoms with E-state index in [1.165, 1.54) is 0 Å². The summed E-state index contributed by atoms with van der Waals surface area (Å²) in [6, 6.07) is 0.0164. The van der Waals surface area contributed by atoms with Gasteiger partial charge in [-0.1, -0.05) is 0 Å². The van der Waals surface area contributed by atoms with Gasteiger partial charge in [0, 0.05) is 31.9 Å². The lowest BCUT2D eigenvalue weighted by atomic mass is 10.1. The zero-order valence-electron chi connectivity index (χ0n) is 20.0. The Balaban J connectivity index is 1.24. The Bertz CT molecular complexity index is 1220. The molecular formula is C22H24F6N6O4. The number of piperazine rings is 1. The Hall–Kier alpha value is -3.56. The molecule has 0 bridgehead atoms. The highest BCUT2D eigenvalue weighted by Gasteiger charge is 2.39. The lowest BCUT2D eigenvalue weighted by Gasteiger charge is -2.44. The highest BCUT2D eigenvalue weighted by Crippen LogP contribution is 2.38. The summed E-state index contributed by atoms with van der Waals surface area (Å²) in [7, 11) is 0. The standard InChI is InChI=1S/C22H24F6N6O4/c1-12(31-15-8-30-32-20(36)18(15)22(26,27)28)10-37-5-2-17(35)33-3-4-34-14(9-33)11-38-16-6-13(21(23,24)25)7-29-19(16)34/h6-8,12,14H,2-5,9-11H2,1H3,(H2,31,32,36)/t12-,14-/m0/s1. The van der Waals surface area contributed by atoms with Crippen LogP contribution < -0.4 is 20.5 Å². The predicted octanol–water partition coefficient (Wildman–Crippen LogP) is 2.52. The largest absolute Gasteiger partial charge is 0.487 e. The van der Waals surface area contributed by atoms with Gasteiger partial charge in [-0.15, -0.1) is 0 Å². The number of halogens is 6. The summed E-state index contributed by atoms with van der Waals surface area (Å²) >= 11 is 0. The van der Waals surface area contributed by atoms with E-state index in [9.17, 15) is 35.9 Å². The van der Waals surface area contributed by atoms with Crippen molar-refractivity contribution in [1.82, 2.24) is 20.1 Å². The number of rotatable bonds is 7. The van der Waals surface area contributed by atoms with Crippen molar-refractivity contribution in [2.75, 3.05) is 49.7 Å². The number of nitrogens with one attached hydrogen (secondary N) is 2. The van der Waals surface area contributed by atoms with Crippen LogP contribution in [-0.4, -0.2) is 77.5 Å². The summed E-state index contributed by atoms with van der Waals surface area (Å²) in [5.41, 5.74) is -4.14. The van der Waals surface area contributed by atoms with Gasteiger partial charge in [0.25, 0.3) is 5.56 Å². The van der Waals surface area contributed by atoms with Gasteiger partial charge in [0.2, 0.25) is 5.91 Å². The SMILES string of the molecule is C[C@@H](COCCC(=O)N1CCN2c3ncc(C(F)(F)F)cc3OC[C@@H]2C1)Nc1cn[nH]c(=O)c1C(F)(F)F. The van der Waals surface area contributed by atoms with Crippen LogP contribution in [0.4, 0.5) is 37.8 Å². The Kier molecular flexibility index (Phi) is 7.71. The molecule has 10 nitrogen and oxygen atoms in total. The molecule has 0 radical (unpaired) electrons. The third-order valence-corrected chi connectivity index (χ3v) is 6.07. The third kappa shape index (κ3) is 6.11. The minimum atomic E-state index is -4.87. The molecule has 0 saturated carbocycles. The van der Waals surface area contributed by atoms with E-state index in [2.05, 4.69) is 15.4 Å². The number of carbonyl (C=O) groups is 1. The molecule has 16 heteroatoms. The number of fused-ring (bicyclic) bond motifs is 3. The predicted molar refractivity (Wildman–Crippen MR) is 121 cm³/mol. The summed E-state index contributed by atoms with van der Waals surface area (Å²) in [6.45, 7) is 2.59. The monoisotopic (exact) mass is 550 g/mol. The molecule has 2 aromatic heterocycles. The molecule has 38 heavy (non-hydrogen) atoms. The number of hydrogen-bond acceptors (Lipinski definition) is 8. The first-order valence-electron chi connectivity index (χ1n) is 11.6. The highest BCUT2D eigenvalue weighted by molar-refractivity contribution is 5.77. The number of pyridine rings is 1. The number of anilines is 2. The average molecular weight is 550 g/mol. The molecule has 0 spiro atoms. The average Bonchev–Trinajstić information content (AvgIpc) is 2.84. The number of amides is 1. The third-order valence-electron chi connectivity index (χ3n) is 6.07. The van der Waals surface area contributed by atoms with E-state index in [4.69, 9.17) is 9.47 Å². The molecule has 4 heterocycles. The lowest BCUT2D eigenvalue weighted by Crippen LogP contribution is -2.58. The van der Waals surface area contributed by atoms with Gasteiger partial charge in [0.05, 0.1) is 43.1 Å². The van der Waals surface area contributed by atoms with Gasteiger partial charge in [0.15, 0.2) is 11.6 Å². The van der Waals surface area contributed by atoms with Crippen molar-refractivity contribution in [2.24, 2.45) is 0 Å². The van der Waals surface area contributed by atoms with Crippen molar-refractivity contribution in [1.29, 1.82) is 0 Å². The minimum absolute atomic E-state index is 0.0105. The second-order valence-electron chi connectivity index (χ2n) is 8.90. The van der Waals surface area contributed by atoms with Crippen LogP contribution in [0, 0.1) is 0 Å². The maximum Gasteiger partial charge on any atom is 0.423 e. The van der Waals surface area contributed by atoms with Gasteiger partial charge in [-0.2, -0.15) is 31.4 Å². The fourth-order valence-corrected chi connectivity index (χ4v) is 4.28. The number of hydrogen-bond donors (Lipinski definition) is 2. The van der Waals surface area contributed by atoms with Crippen LogP contribution in [0.3, 0.4) is 0 Å². The summed E-state index contributed by atoms with van der Waals surface area (Å²) in [6.07, 6.45) is -7.77. The number of aromatic nitrogens is 3. The number of alkyl halides is 6. The molecule has 2 N–H and O–H groups in total. The van der Waals surface area contributed by atoms with Gasteiger partial charge in [-0.05, 0) is 13.0 Å². The van der Waals surface area contributed by atoms with Crippen LogP contribution >= 0.6 is 0 Å². The van der Waals surface area contributed by atoms with Gasteiger partial charge in [-0.3, -0.25) is 9.59 Å². The molecule has 1 amide bonds. The maximum atomic E-state index is 13.2. The van der Waals surface area contributed by atoms with Crippen LogP contribution in [0.2, 0.25) is 0 Å². The van der Waals surface area contributed by atoms with E-state index in [-0.39, 0.29) is 50.5 Å². The molecule has 2 aromatic rings. The fourth-order valence-electron chi connectivity index (χ4n) is 4.28. The van der Waals surface area contributed by atoms with Crippen molar-refractivity contribution < 1.29 is 40.6 Å². The minimum Gasteiger partial charge on any atom is -0.487 e. The fraction of sp³-hybridized carbons (Fsp3) is 0.545. The van der Waals surface area contributed by atoms with Crippen molar-refractivity contribution in [3.8, 4) is 5.75 Å². The van der Waals surface area contributed by atoms with Crippen molar-refractivity contribution in [3.05, 3.63) is 39.9 Å². The van der Waals surface area contributed by atoms with Crippen LogP contribution in [0.15, 0.2) is 23.3 Å². The zero-order valence-corrected chi connectivity index (χ0v) is 20.0. The Morgan fingerprint density at radius 2 is 2.00 bits per heavy atom. The molecule has 0 unspecified atom stereocenters. The van der Waals surface area contributed by atoms with E-state index < -0.39 is 40.8 Å². The van der Waals surface area contributed by atoms with Crippen molar-refractivity contribution >= 4 is 17.4 Å². The Morgan fingerprint density at radius 1 is 1.24 bits per heavy atom. The summed E-state index contributed by atoms with van der Waals surface area (Å²) in [5.74, 6) is 0.135. The van der Waals surface area contributed by atoms with E-state index in [1.54, 1.807) is 16.9 Å². The molecule has 1 saturated heterocycles. The number of nitrogens with zero attached hydrogens (tertiary/aromatic N) is 4. The van der Waals surface area contributed by atoms with E-state index in [1.807, 2.05) is 4.90 Å². The molecule has 2 aliphatic heterocycles. The maximum absolute atomic E-state index is 13.2.